The van der Waals surface area contributed by atoms with Gasteiger partial charge in [-0.2, -0.15) is 0 Å². The summed E-state index contributed by atoms with van der Waals surface area (Å²) in [5.74, 6) is -0.570. The van der Waals surface area contributed by atoms with Crippen LogP contribution in [-0.2, 0) is 17.8 Å². The maximum Gasteiger partial charge on any atom is 0.123 e. The van der Waals surface area contributed by atoms with Crippen molar-refractivity contribution >= 4 is 0 Å². The molecule has 6 nitrogen and oxygen atoms in total. The lowest BCUT2D eigenvalue weighted by Crippen LogP contribution is -2.56. The van der Waals surface area contributed by atoms with Crippen molar-refractivity contribution in [2.24, 2.45) is 0 Å². The van der Waals surface area contributed by atoms with Crippen molar-refractivity contribution in [3.05, 3.63) is 71.3 Å². The van der Waals surface area contributed by atoms with E-state index in [-0.39, 0.29) is 30.4 Å². The summed E-state index contributed by atoms with van der Waals surface area (Å²) in [6, 6.07) is 12.6. The lowest BCUT2D eigenvalue weighted by molar-refractivity contribution is -0.0330. The number of piperazine rings is 1. The van der Waals surface area contributed by atoms with Crippen LogP contribution in [-0.4, -0.2) is 95.6 Å². The average Bonchev–Trinajstić information content (AvgIpc) is 3.12. The Labute approximate surface area is 194 Å². The Kier molecular flexibility index (Phi) is 8.06. The Morgan fingerprint density at radius 1 is 0.879 bits per heavy atom. The summed E-state index contributed by atoms with van der Waals surface area (Å²) in [4.78, 5) is 6.69. The van der Waals surface area contributed by atoms with Crippen molar-refractivity contribution in [3.8, 4) is 0 Å². The summed E-state index contributed by atoms with van der Waals surface area (Å²) >= 11 is 0. The van der Waals surface area contributed by atoms with Gasteiger partial charge in [-0.15, -0.1) is 0 Å². The van der Waals surface area contributed by atoms with Gasteiger partial charge in [0.25, 0.3) is 0 Å². The summed E-state index contributed by atoms with van der Waals surface area (Å²) in [7, 11) is 2.08. The topological polar surface area (TPSA) is 59.4 Å². The normalized spacial score (nSPS) is 26.8. The van der Waals surface area contributed by atoms with Crippen LogP contribution in [0.15, 0.2) is 48.5 Å². The molecule has 2 fully saturated rings. The molecule has 0 unspecified atom stereocenters. The summed E-state index contributed by atoms with van der Waals surface area (Å²) in [5, 5.41) is 20.7. The fourth-order valence-electron chi connectivity index (χ4n) is 4.83. The Morgan fingerprint density at radius 3 is 1.88 bits per heavy atom. The van der Waals surface area contributed by atoms with Crippen LogP contribution in [0.5, 0.6) is 0 Å². The molecule has 0 aromatic heterocycles. The van der Waals surface area contributed by atoms with E-state index >= 15 is 0 Å². The largest absolute Gasteiger partial charge is 0.394 e. The van der Waals surface area contributed by atoms with Crippen LogP contribution < -0.4 is 0 Å². The number of aliphatic hydroxyl groups is 2. The lowest BCUT2D eigenvalue weighted by atomic mass is 10.0. The Hall–Kier alpha value is -1.94. The average molecular weight is 462 g/mol. The van der Waals surface area contributed by atoms with E-state index in [0.717, 1.165) is 37.3 Å². The summed E-state index contributed by atoms with van der Waals surface area (Å²) < 4.78 is 33.0. The predicted molar refractivity (Wildman–Crippen MR) is 122 cm³/mol. The molecule has 0 saturated carbocycles. The highest BCUT2D eigenvalue weighted by Crippen LogP contribution is 2.28. The molecular weight excluding hydrogens is 428 g/mol. The Bertz CT molecular complexity index is 828. The molecule has 0 bridgehead atoms. The minimum Gasteiger partial charge on any atom is -0.394 e. The fourth-order valence-corrected chi connectivity index (χ4v) is 4.83. The molecule has 2 aromatic rings. The van der Waals surface area contributed by atoms with E-state index < -0.39 is 12.2 Å². The van der Waals surface area contributed by atoms with Gasteiger partial charge in [0.05, 0.1) is 18.8 Å². The van der Waals surface area contributed by atoms with Gasteiger partial charge < -0.3 is 19.8 Å². The number of hydrogen-bond acceptors (Lipinski definition) is 6. The maximum absolute atomic E-state index is 13.4. The number of benzene rings is 2. The molecule has 4 atom stereocenters. The minimum atomic E-state index is -0.776. The summed E-state index contributed by atoms with van der Waals surface area (Å²) in [6.45, 7) is 4.85. The van der Waals surface area contributed by atoms with E-state index in [0.29, 0.717) is 19.6 Å². The molecule has 0 spiro atoms. The van der Waals surface area contributed by atoms with E-state index in [4.69, 9.17) is 4.74 Å². The molecule has 2 aromatic carbocycles. The van der Waals surface area contributed by atoms with Crippen LogP contribution >= 0.6 is 0 Å². The number of ether oxygens (including phenoxy) is 1. The number of halogens is 2. The van der Waals surface area contributed by atoms with E-state index in [2.05, 4.69) is 21.7 Å². The third kappa shape index (κ3) is 6.15. The second-order valence-electron chi connectivity index (χ2n) is 9.14. The van der Waals surface area contributed by atoms with Gasteiger partial charge in [-0.3, -0.25) is 9.80 Å². The molecule has 2 saturated heterocycles. The first-order chi connectivity index (χ1) is 15.9. The molecule has 33 heavy (non-hydrogen) atoms. The Balaban J connectivity index is 1.53. The smallest absolute Gasteiger partial charge is 0.123 e. The SMILES string of the molecule is CN1CCN([C@H]2[C@H](O)[C@H](CO)O[C@@H]2CN(Cc2ccc(F)cc2)Cc2ccc(F)cc2)CC1. The maximum atomic E-state index is 13.4. The van der Waals surface area contributed by atoms with Gasteiger partial charge in [0, 0.05) is 45.8 Å². The third-order valence-corrected chi connectivity index (χ3v) is 6.68. The molecule has 0 aliphatic carbocycles. The van der Waals surface area contributed by atoms with Gasteiger partial charge in [-0.25, -0.2) is 8.78 Å². The highest BCUT2D eigenvalue weighted by atomic mass is 19.1. The molecule has 4 rings (SSSR count). The van der Waals surface area contributed by atoms with Crippen molar-refractivity contribution in [2.45, 2.75) is 37.4 Å². The van der Waals surface area contributed by atoms with E-state index in [9.17, 15) is 19.0 Å². The minimum absolute atomic E-state index is 0.222. The van der Waals surface area contributed by atoms with E-state index in [1.54, 1.807) is 24.3 Å². The second kappa shape index (κ2) is 11.0. The number of likely N-dealkylation sites (N-methyl/N-ethyl adjacent to an activating group) is 1. The van der Waals surface area contributed by atoms with Crippen molar-refractivity contribution in [1.29, 1.82) is 0 Å². The first kappa shape index (κ1) is 24.2. The number of rotatable bonds is 8. The van der Waals surface area contributed by atoms with Crippen LogP contribution in [0.25, 0.3) is 0 Å². The third-order valence-electron chi connectivity index (χ3n) is 6.68. The highest BCUT2D eigenvalue weighted by molar-refractivity contribution is 5.18. The van der Waals surface area contributed by atoms with Gasteiger partial charge in [-0.05, 0) is 42.4 Å². The first-order valence-electron chi connectivity index (χ1n) is 11.5. The summed E-state index contributed by atoms with van der Waals surface area (Å²) in [6.07, 6.45) is -1.71. The monoisotopic (exact) mass is 461 g/mol. The van der Waals surface area contributed by atoms with Crippen molar-refractivity contribution < 1.29 is 23.7 Å². The van der Waals surface area contributed by atoms with Crippen molar-refractivity contribution in [1.82, 2.24) is 14.7 Å². The van der Waals surface area contributed by atoms with Gasteiger partial charge in [0.2, 0.25) is 0 Å². The number of hydrogen-bond donors (Lipinski definition) is 2. The van der Waals surface area contributed by atoms with Crippen LogP contribution in [0.3, 0.4) is 0 Å². The zero-order valence-electron chi connectivity index (χ0n) is 19.0. The molecule has 2 heterocycles. The zero-order valence-corrected chi connectivity index (χ0v) is 19.0. The predicted octanol–water partition coefficient (Wildman–Crippen LogP) is 1.70. The second-order valence-corrected chi connectivity index (χ2v) is 9.14. The summed E-state index contributed by atoms with van der Waals surface area (Å²) in [5.41, 5.74) is 1.90. The van der Waals surface area contributed by atoms with Gasteiger partial charge in [-0.1, -0.05) is 24.3 Å². The van der Waals surface area contributed by atoms with Crippen LogP contribution in [0.2, 0.25) is 0 Å². The molecule has 2 N–H and O–H groups in total. The van der Waals surface area contributed by atoms with Gasteiger partial charge >= 0.3 is 0 Å². The van der Waals surface area contributed by atoms with E-state index in [1.165, 1.54) is 24.3 Å². The first-order valence-corrected chi connectivity index (χ1v) is 11.5. The molecular formula is C25H33F2N3O3. The molecule has 180 valence electrons. The number of nitrogens with zero attached hydrogens (tertiary/aromatic N) is 3. The molecule has 2 aliphatic heterocycles. The van der Waals surface area contributed by atoms with Crippen molar-refractivity contribution in [3.63, 3.8) is 0 Å². The van der Waals surface area contributed by atoms with Gasteiger partial charge in [0.15, 0.2) is 0 Å². The van der Waals surface area contributed by atoms with Crippen LogP contribution in [0, 0.1) is 11.6 Å². The zero-order chi connectivity index (χ0) is 23.4. The highest BCUT2D eigenvalue weighted by Gasteiger charge is 2.47. The molecule has 8 heteroatoms. The van der Waals surface area contributed by atoms with Crippen LogP contribution in [0.4, 0.5) is 8.78 Å². The van der Waals surface area contributed by atoms with Gasteiger partial charge in [0.1, 0.15) is 23.8 Å². The van der Waals surface area contributed by atoms with Crippen LogP contribution in [0.1, 0.15) is 11.1 Å². The lowest BCUT2D eigenvalue weighted by Gasteiger charge is -2.40. The van der Waals surface area contributed by atoms with Crippen molar-refractivity contribution in [2.75, 3.05) is 46.4 Å². The molecule has 0 amide bonds. The fraction of sp³-hybridized carbons (Fsp3) is 0.520. The molecule has 2 aliphatic rings. The Morgan fingerprint density at radius 2 is 1.39 bits per heavy atom. The molecule has 0 radical (unpaired) electrons. The quantitative estimate of drug-likeness (QED) is 0.624. The number of aliphatic hydroxyl groups excluding tert-OH is 2. The van der Waals surface area contributed by atoms with E-state index in [1.807, 2.05) is 0 Å². The standard InChI is InChI=1S/C25H33F2N3O3/c1-28-10-12-30(13-11-28)24-22(33-23(17-31)25(24)32)16-29(14-18-2-6-20(26)7-3-18)15-19-4-8-21(27)9-5-19/h2-9,22-25,31-32H,10-17H2,1H3/t22-,23+,24-,25-/m1/s1.